The van der Waals surface area contributed by atoms with Crippen LogP contribution in [0.3, 0.4) is 0 Å². The van der Waals surface area contributed by atoms with Crippen molar-refractivity contribution in [3.8, 4) is 5.75 Å². The van der Waals surface area contributed by atoms with Crippen molar-refractivity contribution in [3.63, 3.8) is 0 Å². The number of hydrogen-bond acceptors (Lipinski definition) is 2. The maximum absolute atomic E-state index is 11.9. The van der Waals surface area contributed by atoms with E-state index in [1.807, 2.05) is 60.7 Å². The van der Waals surface area contributed by atoms with Gasteiger partial charge in [-0.3, -0.25) is 4.79 Å². The summed E-state index contributed by atoms with van der Waals surface area (Å²) in [6.45, 7) is 0. The quantitative estimate of drug-likeness (QED) is 0.456. The molecule has 0 aromatic heterocycles. The van der Waals surface area contributed by atoms with E-state index in [1.165, 1.54) is 12.3 Å². The average Bonchev–Trinajstić information content (AvgIpc) is 2.49. The van der Waals surface area contributed by atoms with Crippen LogP contribution in [0.1, 0.15) is 11.1 Å². The molecule has 2 nitrogen and oxygen atoms in total. The molecule has 0 fully saturated rings. The Morgan fingerprint density at radius 3 is 2.41 bits per heavy atom. The average molecular weight is 422 g/mol. The van der Waals surface area contributed by atoms with Gasteiger partial charge in [0.05, 0.1) is 9.65 Å². The Bertz CT molecular complexity index is 687. The fourth-order valence-electron chi connectivity index (χ4n) is 1.86. The fraction of sp³-hybridized carbons (Fsp3) is 0.0556. The van der Waals surface area contributed by atoms with Crippen molar-refractivity contribution in [1.29, 1.82) is 0 Å². The molecule has 0 saturated carbocycles. The van der Waals surface area contributed by atoms with Crippen LogP contribution in [-0.4, -0.2) is 5.78 Å². The monoisotopic (exact) mass is 420 g/mol. The number of ketones is 1. The molecule has 0 unspecified atom stereocenters. The number of allylic oxidation sites excluding steroid dienone is 1. The van der Waals surface area contributed by atoms with Crippen LogP contribution in [-0.2, 0) is 11.2 Å². The fourth-order valence-corrected chi connectivity index (χ4v) is 2.36. The first kappa shape index (κ1) is 16.7. The van der Waals surface area contributed by atoms with Gasteiger partial charge in [-0.2, -0.15) is 0 Å². The maximum Gasteiger partial charge on any atom is 0.163 e. The van der Waals surface area contributed by atoms with Gasteiger partial charge < -0.3 is 4.74 Å². The normalized spacial score (nSPS) is 10.5. The van der Waals surface area contributed by atoms with Crippen LogP contribution in [0.2, 0.25) is 0 Å². The first-order valence-electron chi connectivity index (χ1n) is 6.67. The first-order valence-corrected chi connectivity index (χ1v) is 8.25. The van der Waals surface area contributed by atoms with Crippen LogP contribution < -0.4 is 4.74 Å². The van der Waals surface area contributed by atoms with Crippen LogP contribution in [0, 0.1) is 0 Å². The molecule has 0 radical (unpaired) electrons. The number of carbonyl (C=O) groups excluding carboxylic acids is 1. The van der Waals surface area contributed by atoms with Gasteiger partial charge >= 0.3 is 0 Å². The number of hydrogen-bond donors (Lipinski definition) is 0. The second kappa shape index (κ2) is 8.71. The minimum Gasteiger partial charge on any atom is -0.464 e. The predicted molar refractivity (Wildman–Crippen MR) is 97.2 cm³/mol. The topological polar surface area (TPSA) is 26.3 Å². The zero-order valence-corrected chi connectivity index (χ0v) is 14.9. The van der Waals surface area contributed by atoms with Crippen molar-refractivity contribution in [2.75, 3.05) is 0 Å². The lowest BCUT2D eigenvalue weighted by Crippen LogP contribution is -1.99. The van der Waals surface area contributed by atoms with E-state index in [2.05, 4.69) is 31.9 Å². The summed E-state index contributed by atoms with van der Waals surface area (Å²) in [5.41, 5.74) is 1.90. The van der Waals surface area contributed by atoms with Crippen molar-refractivity contribution in [2.45, 2.75) is 6.42 Å². The lowest BCUT2D eigenvalue weighted by Gasteiger charge is -2.04. The Morgan fingerprint density at radius 2 is 1.68 bits per heavy atom. The number of ether oxygens (including phenoxy) is 1. The Hall–Kier alpha value is -1.65. The van der Waals surface area contributed by atoms with Crippen molar-refractivity contribution < 1.29 is 9.53 Å². The predicted octanol–water partition coefficient (Wildman–Crippen LogP) is 5.48. The second-order valence-corrected chi connectivity index (χ2v) is 7.29. The molecule has 0 aliphatic heterocycles. The van der Waals surface area contributed by atoms with Gasteiger partial charge in [0, 0.05) is 18.1 Å². The van der Waals surface area contributed by atoms with Crippen LogP contribution >= 0.6 is 31.9 Å². The smallest absolute Gasteiger partial charge is 0.163 e. The van der Waals surface area contributed by atoms with Crippen LogP contribution in [0.4, 0.5) is 0 Å². The van der Waals surface area contributed by atoms with E-state index < -0.39 is 0 Å². The molecule has 0 spiro atoms. The Balaban J connectivity index is 1.98. The Kier molecular flexibility index (Phi) is 6.62. The van der Waals surface area contributed by atoms with E-state index >= 15 is 0 Å². The minimum absolute atomic E-state index is 0.000829. The highest BCUT2D eigenvalue weighted by atomic mass is 79.9. The lowest BCUT2D eigenvalue weighted by molar-refractivity contribution is -0.114. The number of benzene rings is 2. The van der Waals surface area contributed by atoms with Gasteiger partial charge in [-0.1, -0.05) is 48.5 Å². The third-order valence-corrected chi connectivity index (χ3v) is 3.31. The maximum atomic E-state index is 11.9. The summed E-state index contributed by atoms with van der Waals surface area (Å²) in [5.74, 6) is 0.684. The molecular weight excluding hydrogens is 408 g/mol. The highest BCUT2D eigenvalue weighted by Gasteiger charge is 2.01. The molecule has 2 rings (SSSR count). The van der Waals surface area contributed by atoms with Gasteiger partial charge in [0.2, 0.25) is 0 Å². The van der Waals surface area contributed by atoms with E-state index in [-0.39, 0.29) is 5.78 Å². The molecule has 2 aromatic carbocycles. The van der Waals surface area contributed by atoms with E-state index in [0.29, 0.717) is 12.2 Å². The number of para-hydroxylation sites is 1. The standard InChI is InChI=1S/C18H14Br2O2/c19-18(20)13-15-8-4-5-9-17(15)22-11-10-16(21)12-14-6-2-1-3-7-14/h1-11,13H,12H2/b11-10+. The summed E-state index contributed by atoms with van der Waals surface area (Å²) in [6, 6.07) is 17.2. The Labute approximate surface area is 146 Å². The van der Waals surface area contributed by atoms with E-state index in [9.17, 15) is 4.79 Å². The van der Waals surface area contributed by atoms with Gasteiger partial charge in [0.15, 0.2) is 5.78 Å². The highest BCUT2D eigenvalue weighted by molar-refractivity contribution is 9.28. The molecule has 0 atom stereocenters. The Morgan fingerprint density at radius 1 is 1.00 bits per heavy atom. The molecule has 0 N–H and O–H groups in total. The van der Waals surface area contributed by atoms with Gasteiger partial charge in [-0.25, -0.2) is 0 Å². The molecule has 4 heteroatoms. The third-order valence-electron chi connectivity index (χ3n) is 2.85. The number of rotatable bonds is 6. The van der Waals surface area contributed by atoms with Gasteiger partial charge in [-0.05, 0) is 49.6 Å². The first-order chi connectivity index (χ1) is 10.6. The van der Waals surface area contributed by atoms with Crippen LogP contribution in [0.5, 0.6) is 5.75 Å². The SMILES string of the molecule is O=C(/C=C/Oc1ccccc1C=C(Br)Br)Cc1ccccc1. The molecule has 22 heavy (non-hydrogen) atoms. The summed E-state index contributed by atoms with van der Waals surface area (Å²) in [7, 11) is 0. The van der Waals surface area contributed by atoms with Crippen molar-refractivity contribution in [2.24, 2.45) is 0 Å². The lowest BCUT2D eigenvalue weighted by atomic mass is 10.1. The molecular formula is C18H14Br2O2. The zero-order valence-electron chi connectivity index (χ0n) is 11.7. The summed E-state index contributed by atoms with van der Waals surface area (Å²) in [4.78, 5) is 11.9. The molecule has 0 bridgehead atoms. The molecule has 0 amide bonds. The minimum atomic E-state index is 0.000829. The summed E-state index contributed by atoms with van der Waals surface area (Å²) in [6.07, 6.45) is 5.14. The summed E-state index contributed by atoms with van der Waals surface area (Å²) >= 11 is 6.65. The summed E-state index contributed by atoms with van der Waals surface area (Å²) in [5, 5.41) is 0. The van der Waals surface area contributed by atoms with Crippen molar-refractivity contribution >= 4 is 43.7 Å². The molecule has 0 aliphatic rings. The van der Waals surface area contributed by atoms with Crippen LogP contribution in [0.15, 0.2) is 70.3 Å². The van der Waals surface area contributed by atoms with Crippen molar-refractivity contribution in [1.82, 2.24) is 0 Å². The summed E-state index contributed by atoms with van der Waals surface area (Å²) < 4.78 is 6.38. The number of carbonyl (C=O) groups is 1. The van der Waals surface area contributed by atoms with E-state index in [1.54, 1.807) is 0 Å². The van der Waals surface area contributed by atoms with E-state index in [4.69, 9.17) is 4.74 Å². The van der Waals surface area contributed by atoms with Crippen LogP contribution in [0.25, 0.3) is 6.08 Å². The second-order valence-electron chi connectivity index (χ2n) is 4.52. The van der Waals surface area contributed by atoms with Gasteiger partial charge in [0.25, 0.3) is 0 Å². The van der Waals surface area contributed by atoms with Gasteiger partial charge in [0.1, 0.15) is 5.75 Å². The molecule has 0 saturated heterocycles. The highest BCUT2D eigenvalue weighted by Crippen LogP contribution is 2.25. The molecule has 0 heterocycles. The molecule has 0 aliphatic carbocycles. The third kappa shape index (κ3) is 5.62. The van der Waals surface area contributed by atoms with Crippen molar-refractivity contribution in [3.05, 3.63) is 81.5 Å². The molecule has 2 aromatic rings. The largest absolute Gasteiger partial charge is 0.464 e. The molecule has 112 valence electrons. The van der Waals surface area contributed by atoms with E-state index in [0.717, 1.165) is 14.5 Å². The number of halogens is 2. The van der Waals surface area contributed by atoms with Gasteiger partial charge in [-0.15, -0.1) is 0 Å². The zero-order chi connectivity index (χ0) is 15.8.